The van der Waals surface area contributed by atoms with Crippen LogP contribution in [-0.2, 0) is 4.79 Å². The molecule has 0 aromatic heterocycles. The summed E-state index contributed by atoms with van der Waals surface area (Å²) in [5.74, 6) is -3.07. The van der Waals surface area contributed by atoms with Gasteiger partial charge in [0.05, 0.1) is 12.6 Å². The molecule has 0 bridgehead atoms. The lowest BCUT2D eigenvalue weighted by Crippen LogP contribution is -2.47. The van der Waals surface area contributed by atoms with Crippen LogP contribution in [0.5, 0.6) is 0 Å². The molecule has 1 N–H and O–H groups in total. The first-order valence-corrected chi connectivity index (χ1v) is 7.95. The van der Waals surface area contributed by atoms with E-state index in [9.17, 15) is 18.4 Å². The number of amides is 1. The standard InChI is InChI=1S/C17H20F2N2O2/c18-17(19)10-14(20-11-17)16(23)21-8-6-13(7-9-21)15(22)12-4-2-1-3-5-12/h1-5,13-14,20H,6-11H2. The Balaban J connectivity index is 1.54. The Morgan fingerprint density at radius 2 is 1.78 bits per heavy atom. The van der Waals surface area contributed by atoms with Crippen molar-refractivity contribution < 1.29 is 18.4 Å². The van der Waals surface area contributed by atoms with Crippen LogP contribution in [0.2, 0.25) is 0 Å². The molecule has 2 saturated heterocycles. The highest BCUT2D eigenvalue weighted by atomic mass is 19.3. The molecule has 0 aliphatic carbocycles. The summed E-state index contributed by atoms with van der Waals surface area (Å²) < 4.78 is 26.4. The van der Waals surface area contributed by atoms with Gasteiger partial charge in [-0.05, 0) is 12.8 Å². The van der Waals surface area contributed by atoms with Gasteiger partial charge in [0.25, 0.3) is 5.92 Å². The van der Waals surface area contributed by atoms with Gasteiger partial charge in [0, 0.05) is 31.0 Å². The molecule has 0 spiro atoms. The smallest absolute Gasteiger partial charge is 0.262 e. The summed E-state index contributed by atoms with van der Waals surface area (Å²) in [4.78, 5) is 26.3. The van der Waals surface area contributed by atoms with Gasteiger partial charge in [0.1, 0.15) is 0 Å². The molecule has 2 heterocycles. The molecule has 1 aromatic carbocycles. The third-order valence-corrected chi connectivity index (χ3v) is 4.64. The normalized spacial score (nSPS) is 24.6. The van der Waals surface area contributed by atoms with Gasteiger partial charge in [-0.1, -0.05) is 30.3 Å². The second kappa shape index (κ2) is 6.35. The number of carbonyl (C=O) groups is 2. The zero-order valence-corrected chi connectivity index (χ0v) is 12.8. The third kappa shape index (κ3) is 3.58. The van der Waals surface area contributed by atoms with Gasteiger partial charge < -0.3 is 4.90 Å². The minimum Gasteiger partial charge on any atom is -0.341 e. The Morgan fingerprint density at radius 3 is 2.35 bits per heavy atom. The maximum absolute atomic E-state index is 13.2. The van der Waals surface area contributed by atoms with E-state index in [0.717, 1.165) is 0 Å². The number of hydrogen-bond donors (Lipinski definition) is 1. The molecule has 1 aromatic rings. The first-order chi connectivity index (χ1) is 11.0. The number of halogens is 2. The first kappa shape index (κ1) is 16.1. The highest BCUT2D eigenvalue weighted by Crippen LogP contribution is 2.28. The first-order valence-electron chi connectivity index (χ1n) is 7.95. The minimum absolute atomic E-state index is 0.0978. The van der Waals surface area contributed by atoms with Crippen LogP contribution in [0.4, 0.5) is 8.78 Å². The van der Waals surface area contributed by atoms with Crippen molar-refractivity contribution in [3.8, 4) is 0 Å². The molecule has 1 atom stereocenters. The summed E-state index contributed by atoms with van der Waals surface area (Å²) in [6, 6.07) is 8.32. The monoisotopic (exact) mass is 322 g/mol. The Hall–Kier alpha value is -1.82. The van der Waals surface area contributed by atoms with Crippen LogP contribution in [0.1, 0.15) is 29.6 Å². The quantitative estimate of drug-likeness (QED) is 0.867. The number of hydrogen-bond acceptors (Lipinski definition) is 3. The molecule has 23 heavy (non-hydrogen) atoms. The number of nitrogens with one attached hydrogen (secondary N) is 1. The number of Topliss-reactive ketones (excluding diaryl/α,β-unsaturated/α-hetero) is 1. The van der Waals surface area contributed by atoms with Crippen molar-refractivity contribution in [1.82, 2.24) is 10.2 Å². The van der Waals surface area contributed by atoms with Gasteiger partial charge >= 0.3 is 0 Å². The van der Waals surface area contributed by atoms with E-state index in [-0.39, 0.29) is 17.6 Å². The topological polar surface area (TPSA) is 49.4 Å². The van der Waals surface area contributed by atoms with Crippen LogP contribution < -0.4 is 5.32 Å². The van der Waals surface area contributed by atoms with Crippen molar-refractivity contribution in [2.45, 2.75) is 31.2 Å². The number of carbonyl (C=O) groups excluding carboxylic acids is 2. The largest absolute Gasteiger partial charge is 0.341 e. The Morgan fingerprint density at radius 1 is 1.13 bits per heavy atom. The Bertz CT molecular complexity index is 584. The Labute approximate surface area is 133 Å². The van der Waals surface area contributed by atoms with Gasteiger partial charge in [0.15, 0.2) is 5.78 Å². The van der Waals surface area contributed by atoms with E-state index in [1.807, 2.05) is 18.2 Å². The van der Waals surface area contributed by atoms with Gasteiger partial charge in [0.2, 0.25) is 5.91 Å². The number of benzene rings is 1. The van der Waals surface area contributed by atoms with E-state index < -0.39 is 24.9 Å². The van der Waals surface area contributed by atoms with E-state index in [1.165, 1.54) is 0 Å². The minimum atomic E-state index is -2.80. The average molecular weight is 322 g/mol. The fourth-order valence-electron chi connectivity index (χ4n) is 3.31. The molecule has 1 amide bonds. The molecule has 0 radical (unpaired) electrons. The van der Waals surface area contributed by atoms with Gasteiger partial charge in [-0.2, -0.15) is 0 Å². The van der Waals surface area contributed by atoms with Crippen molar-refractivity contribution in [2.24, 2.45) is 5.92 Å². The van der Waals surface area contributed by atoms with Crippen molar-refractivity contribution in [3.05, 3.63) is 35.9 Å². The second-order valence-corrected chi connectivity index (χ2v) is 6.32. The molecule has 3 rings (SSSR count). The molecule has 1 unspecified atom stereocenters. The van der Waals surface area contributed by atoms with Crippen molar-refractivity contribution >= 4 is 11.7 Å². The van der Waals surface area contributed by atoms with E-state index in [4.69, 9.17) is 0 Å². The summed E-state index contributed by atoms with van der Waals surface area (Å²) in [5, 5.41) is 2.60. The summed E-state index contributed by atoms with van der Waals surface area (Å²) >= 11 is 0. The predicted molar refractivity (Wildman–Crippen MR) is 81.4 cm³/mol. The van der Waals surface area contributed by atoms with Crippen LogP contribution in [0.15, 0.2) is 30.3 Å². The molecule has 2 aliphatic heterocycles. The van der Waals surface area contributed by atoms with Crippen molar-refractivity contribution in [2.75, 3.05) is 19.6 Å². The molecule has 4 nitrogen and oxygen atoms in total. The summed E-state index contributed by atoms with van der Waals surface area (Å²) in [7, 11) is 0. The number of nitrogens with zero attached hydrogens (tertiary/aromatic N) is 1. The highest BCUT2D eigenvalue weighted by Gasteiger charge is 2.44. The molecule has 124 valence electrons. The average Bonchev–Trinajstić information content (AvgIpc) is 2.94. The van der Waals surface area contributed by atoms with E-state index in [2.05, 4.69) is 5.32 Å². The van der Waals surface area contributed by atoms with Crippen LogP contribution in [0.3, 0.4) is 0 Å². The van der Waals surface area contributed by atoms with Gasteiger partial charge in [-0.15, -0.1) is 0 Å². The van der Waals surface area contributed by atoms with Crippen LogP contribution in [0, 0.1) is 5.92 Å². The molecule has 0 saturated carbocycles. The summed E-state index contributed by atoms with van der Waals surface area (Å²) in [5.41, 5.74) is 0.689. The SMILES string of the molecule is O=C(c1ccccc1)C1CCN(C(=O)C2CC(F)(F)CN2)CC1. The number of alkyl halides is 2. The number of ketones is 1. The second-order valence-electron chi connectivity index (χ2n) is 6.32. The van der Waals surface area contributed by atoms with Crippen LogP contribution in [-0.4, -0.2) is 48.2 Å². The third-order valence-electron chi connectivity index (χ3n) is 4.64. The van der Waals surface area contributed by atoms with Crippen LogP contribution >= 0.6 is 0 Å². The van der Waals surface area contributed by atoms with Crippen LogP contribution in [0.25, 0.3) is 0 Å². The molecule has 2 aliphatic rings. The number of piperidine rings is 1. The maximum Gasteiger partial charge on any atom is 0.262 e. The fourth-order valence-corrected chi connectivity index (χ4v) is 3.31. The van der Waals surface area contributed by atoms with Gasteiger partial charge in [-0.3, -0.25) is 14.9 Å². The molecular weight excluding hydrogens is 302 g/mol. The van der Waals surface area contributed by atoms with E-state index in [0.29, 0.717) is 31.5 Å². The maximum atomic E-state index is 13.2. The highest BCUT2D eigenvalue weighted by molar-refractivity contribution is 5.98. The Kier molecular flexibility index (Phi) is 4.43. The fraction of sp³-hybridized carbons (Fsp3) is 0.529. The lowest BCUT2D eigenvalue weighted by atomic mass is 9.88. The van der Waals surface area contributed by atoms with E-state index in [1.54, 1.807) is 17.0 Å². The molecular formula is C17H20F2N2O2. The predicted octanol–water partition coefficient (Wildman–Crippen LogP) is 2.11. The lowest BCUT2D eigenvalue weighted by molar-refractivity contribution is -0.135. The summed E-state index contributed by atoms with van der Waals surface area (Å²) in [6.45, 7) is 0.462. The molecule has 2 fully saturated rings. The zero-order chi connectivity index (χ0) is 16.4. The molecule has 6 heteroatoms. The summed E-state index contributed by atoms with van der Waals surface area (Å²) in [6.07, 6.45) is 0.736. The van der Waals surface area contributed by atoms with Crippen molar-refractivity contribution in [3.63, 3.8) is 0 Å². The van der Waals surface area contributed by atoms with Gasteiger partial charge in [-0.25, -0.2) is 8.78 Å². The number of rotatable bonds is 3. The number of likely N-dealkylation sites (tertiary alicyclic amines) is 1. The zero-order valence-electron chi connectivity index (χ0n) is 12.8. The van der Waals surface area contributed by atoms with E-state index >= 15 is 0 Å². The van der Waals surface area contributed by atoms with Crippen molar-refractivity contribution in [1.29, 1.82) is 0 Å². The lowest BCUT2D eigenvalue weighted by Gasteiger charge is -2.33.